The first kappa shape index (κ1) is 31.5. The van der Waals surface area contributed by atoms with Gasteiger partial charge in [-0.05, 0) is 44.7 Å². The number of carboxylic acids is 2. The molecular formula is C24H37N5O8. The molecule has 0 saturated heterocycles. The third-order valence-electron chi connectivity index (χ3n) is 5.58. The van der Waals surface area contributed by atoms with Crippen LogP contribution in [0.1, 0.15) is 44.6 Å². The van der Waals surface area contributed by atoms with Gasteiger partial charge in [0.15, 0.2) is 0 Å². The molecule has 37 heavy (non-hydrogen) atoms. The average Bonchev–Trinajstić information content (AvgIpc) is 2.85. The molecule has 10 N–H and O–H groups in total. The minimum absolute atomic E-state index is 0.000335. The first-order valence-electron chi connectivity index (χ1n) is 12.0. The van der Waals surface area contributed by atoms with Crippen LogP contribution in [0.4, 0.5) is 0 Å². The maximum Gasteiger partial charge on any atom is 0.326 e. The highest BCUT2D eigenvalue weighted by molar-refractivity contribution is 5.94. The number of nitrogens with two attached hydrogens (primary N) is 2. The lowest BCUT2D eigenvalue weighted by atomic mass is 10.0. The van der Waals surface area contributed by atoms with Gasteiger partial charge in [0.05, 0.1) is 6.10 Å². The molecule has 13 nitrogen and oxygen atoms in total. The van der Waals surface area contributed by atoms with Gasteiger partial charge in [-0.1, -0.05) is 30.3 Å². The average molecular weight is 524 g/mol. The molecule has 0 radical (unpaired) electrons. The fourth-order valence-corrected chi connectivity index (χ4v) is 3.38. The van der Waals surface area contributed by atoms with Crippen LogP contribution in [0.2, 0.25) is 0 Å². The molecule has 1 aromatic rings. The van der Waals surface area contributed by atoms with Crippen LogP contribution in [0.5, 0.6) is 0 Å². The minimum Gasteiger partial charge on any atom is -0.481 e. The second-order valence-electron chi connectivity index (χ2n) is 8.69. The van der Waals surface area contributed by atoms with Crippen LogP contribution in [-0.2, 0) is 30.4 Å². The van der Waals surface area contributed by atoms with Gasteiger partial charge in [-0.3, -0.25) is 19.2 Å². The third-order valence-corrected chi connectivity index (χ3v) is 5.58. The van der Waals surface area contributed by atoms with Crippen LogP contribution in [-0.4, -0.2) is 81.8 Å². The Balaban J connectivity index is 3.12. The Morgan fingerprint density at radius 3 is 1.95 bits per heavy atom. The van der Waals surface area contributed by atoms with Crippen molar-refractivity contribution in [3.8, 4) is 0 Å². The maximum absolute atomic E-state index is 13.1. The molecule has 0 bridgehead atoms. The number of aliphatic carboxylic acids is 2. The lowest BCUT2D eigenvalue weighted by molar-refractivity contribution is -0.142. The Kier molecular flexibility index (Phi) is 13.8. The maximum atomic E-state index is 13.1. The standard InChI is InChI=1S/C24H37N5O8/c1-14(30)20(26)23(35)27-16(10-11-19(31)32)21(33)29-18(13-15-7-3-2-4-8-15)22(34)28-17(24(36)37)9-5-6-12-25/h2-4,7-8,14,16-18,20,30H,5-6,9-13,25-26H2,1H3,(H,27,35)(H,28,34)(H,29,33)(H,31,32)(H,36,37). The summed E-state index contributed by atoms with van der Waals surface area (Å²) in [5.41, 5.74) is 11.7. The van der Waals surface area contributed by atoms with Crippen LogP contribution in [0.3, 0.4) is 0 Å². The van der Waals surface area contributed by atoms with E-state index >= 15 is 0 Å². The van der Waals surface area contributed by atoms with E-state index in [0.717, 1.165) is 0 Å². The number of unbranched alkanes of at least 4 members (excludes halogenated alkanes) is 1. The summed E-state index contributed by atoms with van der Waals surface area (Å²) in [6, 6.07) is 3.47. The van der Waals surface area contributed by atoms with Gasteiger partial charge in [-0.2, -0.15) is 0 Å². The molecule has 1 aromatic carbocycles. The molecule has 206 valence electrons. The summed E-state index contributed by atoms with van der Waals surface area (Å²) in [4.78, 5) is 61.2. The first-order valence-corrected chi connectivity index (χ1v) is 12.0. The van der Waals surface area contributed by atoms with Crippen molar-refractivity contribution in [1.82, 2.24) is 16.0 Å². The predicted octanol–water partition coefficient (Wildman–Crippen LogP) is -1.53. The molecule has 0 aliphatic carbocycles. The van der Waals surface area contributed by atoms with Crippen molar-refractivity contribution in [3.05, 3.63) is 35.9 Å². The summed E-state index contributed by atoms with van der Waals surface area (Å²) in [7, 11) is 0. The SMILES string of the molecule is CC(O)C(N)C(=O)NC(CCC(=O)O)C(=O)NC(Cc1ccccc1)C(=O)NC(CCCCN)C(=O)O. The van der Waals surface area contributed by atoms with Crippen molar-refractivity contribution < 1.29 is 39.3 Å². The Morgan fingerprint density at radius 2 is 1.41 bits per heavy atom. The number of amides is 3. The quantitative estimate of drug-likeness (QED) is 0.110. The van der Waals surface area contributed by atoms with Crippen molar-refractivity contribution in [3.63, 3.8) is 0 Å². The van der Waals surface area contributed by atoms with Crippen molar-refractivity contribution in [1.29, 1.82) is 0 Å². The fourth-order valence-electron chi connectivity index (χ4n) is 3.38. The number of carbonyl (C=O) groups excluding carboxylic acids is 3. The predicted molar refractivity (Wildman–Crippen MR) is 133 cm³/mol. The number of nitrogens with one attached hydrogen (secondary N) is 3. The molecule has 5 unspecified atom stereocenters. The Hall–Kier alpha value is -3.55. The van der Waals surface area contributed by atoms with Crippen LogP contribution in [0.15, 0.2) is 30.3 Å². The van der Waals surface area contributed by atoms with Gasteiger partial charge in [-0.25, -0.2) is 4.79 Å². The molecule has 0 aliphatic rings. The van der Waals surface area contributed by atoms with E-state index in [1.807, 2.05) is 0 Å². The monoisotopic (exact) mass is 523 g/mol. The molecule has 0 saturated carbocycles. The number of hydrogen-bond donors (Lipinski definition) is 8. The molecule has 5 atom stereocenters. The highest BCUT2D eigenvalue weighted by Crippen LogP contribution is 2.08. The fraction of sp³-hybridized carbons (Fsp3) is 0.542. The molecular weight excluding hydrogens is 486 g/mol. The van der Waals surface area contributed by atoms with Crippen LogP contribution in [0, 0.1) is 0 Å². The molecule has 13 heteroatoms. The first-order chi connectivity index (χ1) is 17.5. The topological polar surface area (TPSA) is 234 Å². The zero-order chi connectivity index (χ0) is 28.0. The van der Waals surface area contributed by atoms with Gasteiger partial charge in [0.2, 0.25) is 17.7 Å². The smallest absolute Gasteiger partial charge is 0.326 e. The summed E-state index contributed by atoms with van der Waals surface area (Å²) in [5, 5.41) is 35.4. The van der Waals surface area contributed by atoms with Gasteiger partial charge in [0.1, 0.15) is 24.2 Å². The van der Waals surface area contributed by atoms with E-state index in [1.54, 1.807) is 30.3 Å². The molecule has 3 amide bonds. The summed E-state index contributed by atoms with van der Waals surface area (Å²) in [5.74, 6) is -4.96. The lowest BCUT2D eigenvalue weighted by Gasteiger charge is -2.25. The minimum atomic E-state index is -1.38. The van der Waals surface area contributed by atoms with Gasteiger partial charge < -0.3 is 42.7 Å². The Bertz CT molecular complexity index is 912. The number of carbonyl (C=O) groups is 5. The molecule has 0 aliphatic heterocycles. The number of hydrogen-bond acceptors (Lipinski definition) is 8. The Labute approximate surface area is 215 Å². The largest absolute Gasteiger partial charge is 0.481 e. The third kappa shape index (κ3) is 11.8. The highest BCUT2D eigenvalue weighted by atomic mass is 16.4. The summed E-state index contributed by atoms with van der Waals surface area (Å²) in [6.07, 6.45) is -0.832. The van der Waals surface area contributed by atoms with Crippen LogP contribution in [0.25, 0.3) is 0 Å². The second kappa shape index (κ2) is 16.2. The van der Waals surface area contributed by atoms with Crippen molar-refractivity contribution in [2.24, 2.45) is 11.5 Å². The molecule has 1 rings (SSSR count). The van der Waals surface area contributed by atoms with Crippen molar-refractivity contribution in [2.45, 2.75) is 75.7 Å². The molecule has 0 fully saturated rings. The zero-order valence-electron chi connectivity index (χ0n) is 20.8. The highest BCUT2D eigenvalue weighted by Gasteiger charge is 2.31. The number of carboxylic acid groups (broad SMARTS) is 2. The molecule has 0 aromatic heterocycles. The van der Waals surface area contributed by atoms with Crippen molar-refractivity contribution in [2.75, 3.05) is 6.54 Å². The van der Waals surface area contributed by atoms with E-state index in [2.05, 4.69) is 16.0 Å². The van der Waals surface area contributed by atoms with E-state index in [1.165, 1.54) is 6.92 Å². The lowest BCUT2D eigenvalue weighted by Crippen LogP contribution is -2.58. The number of aliphatic hydroxyl groups excluding tert-OH is 1. The van der Waals surface area contributed by atoms with E-state index < -0.39 is 66.4 Å². The normalized spacial score (nSPS) is 14.9. The van der Waals surface area contributed by atoms with E-state index in [4.69, 9.17) is 16.6 Å². The van der Waals surface area contributed by atoms with E-state index in [-0.39, 0.29) is 19.3 Å². The Morgan fingerprint density at radius 1 is 0.838 bits per heavy atom. The molecule has 0 heterocycles. The second-order valence-corrected chi connectivity index (χ2v) is 8.69. The number of benzene rings is 1. The van der Waals surface area contributed by atoms with Crippen molar-refractivity contribution >= 4 is 29.7 Å². The van der Waals surface area contributed by atoms with Gasteiger partial charge in [0, 0.05) is 12.8 Å². The van der Waals surface area contributed by atoms with Gasteiger partial charge in [-0.15, -0.1) is 0 Å². The van der Waals surface area contributed by atoms with Crippen LogP contribution >= 0.6 is 0 Å². The zero-order valence-corrected chi connectivity index (χ0v) is 20.8. The van der Waals surface area contributed by atoms with Gasteiger partial charge >= 0.3 is 11.9 Å². The van der Waals surface area contributed by atoms with E-state index in [9.17, 15) is 34.2 Å². The van der Waals surface area contributed by atoms with Gasteiger partial charge in [0.25, 0.3) is 0 Å². The summed E-state index contributed by atoms with van der Waals surface area (Å²) in [6.45, 7) is 1.65. The number of aliphatic hydroxyl groups is 1. The van der Waals surface area contributed by atoms with E-state index in [0.29, 0.717) is 24.9 Å². The molecule has 0 spiro atoms. The van der Waals surface area contributed by atoms with Crippen LogP contribution < -0.4 is 27.4 Å². The number of rotatable bonds is 17. The summed E-state index contributed by atoms with van der Waals surface area (Å²) < 4.78 is 0. The summed E-state index contributed by atoms with van der Waals surface area (Å²) >= 11 is 0.